The zero-order valence-corrected chi connectivity index (χ0v) is 18.8. The van der Waals surface area contributed by atoms with Crippen molar-refractivity contribution in [2.45, 2.75) is 33.1 Å². The van der Waals surface area contributed by atoms with Crippen molar-refractivity contribution >= 4 is 11.9 Å². The molecule has 0 atom stereocenters. The fourth-order valence-corrected chi connectivity index (χ4v) is 2.93. The molecule has 8 heteroatoms. The number of carboxylic acids is 2. The van der Waals surface area contributed by atoms with Crippen LogP contribution < -0.4 is 4.74 Å². The number of aryl methyl sites for hydroxylation is 1. The highest BCUT2D eigenvalue weighted by Gasteiger charge is 2.19. The molecule has 0 aromatic heterocycles. The number of likely N-dealkylation sites (N-methyl/N-ethyl adjacent to an activating group) is 1. The molecule has 1 aliphatic rings. The summed E-state index contributed by atoms with van der Waals surface area (Å²) >= 11 is 0. The molecule has 0 aliphatic carbocycles. The lowest BCUT2D eigenvalue weighted by Crippen LogP contribution is -2.45. The average molecular weight is 425 g/mol. The van der Waals surface area contributed by atoms with Crippen molar-refractivity contribution in [1.82, 2.24) is 9.80 Å². The highest BCUT2D eigenvalue weighted by Crippen LogP contribution is 2.32. The minimum Gasteiger partial charge on any atom is -0.491 e. The van der Waals surface area contributed by atoms with Crippen molar-refractivity contribution in [1.29, 1.82) is 0 Å². The first-order chi connectivity index (χ1) is 14.0. The second-order valence-electron chi connectivity index (χ2n) is 8.47. The van der Waals surface area contributed by atoms with Crippen LogP contribution >= 0.6 is 0 Å². The molecule has 0 bridgehead atoms. The fourth-order valence-electron chi connectivity index (χ4n) is 2.93. The van der Waals surface area contributed by atoms with Gasteiger partial charge in [-0.25, -0.2) is 9.59 Å². The summed E-state index contributed by atoms with van der Waals surface area (Å²) in [4.78, 5) is 23.0. The number of rotatable bonds is 7. The molecule has 0 unspecified atom stereocenters. The van der Waals surface area contributed by atoms with E-state index in [1.54, 1.807) is 0 Å². The van der Waals surface area contributed by atoms with Gasteiger partial charge in [0.2, 0.25) is 0 Å². The number of hydrogen-bond acceptors (Lipinski definition) is 6. The van der Waals surface area contributed by atoms with Crippen LogP contribution in [0.4, 0.5) is 0 Å². The summed E-state index contributed by atoms with van der Waals surface area (Å²) in [6.45, 7) is 16.5. The van der Waals surface area contributed by atoms with E-state index in [0.717, 1.165) is 45.1 Å². The highest BCUT2D eigenvalue weighted by atomic mass is 16.5. The number of nitrogens with zero attached hydrogens (tertiary/aromatic N) is 2. The summed E-state index contributed by atoms with van der Waals surface area (Å²) < 4.78 is 11.7. The first-order valence-electron chi connectivity index (χ1n) is 10.2. The first-order valence-corrected chi connectivity index (χ1v) is 10.2. The molecule has 1 heterocycles. The Morgan fingerprint density at radius 1 is 1.00 bits per heavy atom. The Balaban J connectivity index is 0.000000656. The number of ether oxygens (including phenoxy) is 2. The Hall–Kier alpha value is -2.16. The number of piperazine rings is 1. The standard InChI is InChI=1S/C20H34N2O2.C2H2O4/c1-17-6-7-19(18(16-17)20(2,3)4)24-15-14-23-13-12-22-10-8-21(5)9-11-22;3-1(4)2(5)6/h6-7,16H,8-15H2,1-5H3;(H,3,4)(H,5,6). The summed E-state index contributed by atoms with van der Waals surface area (Å²) in [7, 11) is 2.18. The predicted octanol–water partition coefficient (Wildman–Crippen LogP) is 2.09. The molecule has 0 radical (unpaired) electrons. The topological polar surface area (TPSA) is 99.5 Å². The lowest BCUT2D eigenvalue weighted by atomic mass is 9.85. The maximum absolute atomic E-state index is 9.10. The number of carbonyl (C=O) groups is 2. The number of hydrogen-bond donors (Lipinski definition) is 2. The van der Waals surface area contributed by atoms with E-state index in [-0.39, 0.29) is 5.41 Å². The monoisotopic (exact) mass is 424 g/mol. The molecule has 8 nitrogen and oxygen atoms in total. The predicted molar refractivity (Wildman–Crippen MR) is 115 cm³/mol. The second kappa shape index (κ2) is 12.5. The molecule has 1 aliphatic heterocycles. The lowest BCUT2D eigenvalue weighted by Gasteiger charge is -2.32. The molecule has 0 amide bonds. The minimum atomic E-state index is -1.82. The van der Waals surface area contributed by atoms with Gasteiger partial charge in [0.05, 0.1) is 13.2 Å². The molecule has 0 saturated carbocycles. The van der Waals surface area contributed by atoms with E-state index in [0.29, 0.717) is 13.2 Å². The van der Waals surface area contributed by atoms with Gasteiger partial charge in [0.1, 0.15) is 12.4 Å². The zero-order valence-electron chi connectivity index (χ0n) is 18.8. The number of benzene rings is 1. The van der Waals surface area contributed by atoms with Crippen LogP contribution in [-0.4, -0.2) is 91.5 Å². The van der Waals surface area contributed by atoms with Crippen LogP contribution in [0.3, 0.4) is 0 Å². The average Bonchev–Trinajstić information content (AvgIpc) is 2.66. The van der Waals surface area contributed by atoms with Gasteiger partial charge in [-0.15, -0.1) is 0 Å². The van der Waals surface area contributed by atoms with E-state index < -0.39 is 11.9 Å². The van der Waals surface area contributed by atoms with Crippen LogP contribution in [0, 0.1) is 6.92 Å². The van der Waals surface area contributed by atoms with E-state index >= 15 is 0 Å². The van der Waals surface area contributed by atoms with Crippen molar-refractivity contribution < 1.29 is 29.3 Å². The van der Waals surface area contributed by atoms with Crippen molar-refractivity contribution in [2.24, 2.45) is 0 Å². The third-order valence-corrected chi connectivity index (χ3v) is 4.76. The zero-order chi connectivity index (χ0) is 22.7. The molecule has 0 spiro atoms. The van der Waals surface area contributed by atoms with Crippen LogP contribution in [0.5, 0.6) is 5.75 Å². The molecule has 2 rings (SSSR count). The van der Waals surface area contributed by atoms with Gasteiger partial charge in [0.25, 0.3) is 0 Å². The fraction of sp³-hybridized carbons (Fsp3) is 0.636. The summed E-state index contributed by atoms with van der Waals surface area (Å²) in [6.07, 6.45) is 0. The summed E-state index contributed by atoms with van der Waals surface area (Å²) in [5, 5.41) is 14.8. The van der Waals surface area contributed by atoms with Gasteiger partial charge in [-0.2, -0.15) is 0 Å². The molecule has 2 N–H and O–H groups in total. The first kappa shape index (κ1) is 25.9. The van der Waals surface area contributed by atoms with Crippen molar-refractivity contribution in [3.8, 4) is 5.75 Å². The summed E-state index contributed by atoms with van der Waals surface area (Å²) in [6, 6.07) is 6.42. The maximum atomic E-state index is 9.10. The van der Waals surface area contributed by atoms with Crippen molar-refractivity contribution in [3.05, 3.63) is 29.3 Å². The van der Waals surface area contributed by atoms with E-state index in [9.17, 15) is 0 Å². The Morgan fingerprint density at radius 2 is 1.60 bits per heavy atom. The van der Waals surface area contributed by atoms with E-state index in [1.807, 2.05) is 0 Å². The van der Waals surface area contributed by atoms with Crippen molar-refractivity contribution in [2.75, 3.05) is 59.6 Å². The van der Waals surface area contributed by atoms with Gasteiger partial charge in [0.15, 0.2) is 0 Å². The molecular weight excluding hydrogens is 388 g/mol. The van der Waals surface area contributed by atoms with Crippen LogP contribution in [0.25, 0.3) is 0 Å². The Bertz CT molecular complexity index is 667. The third-order valence-electron chi connectivity index (χ3n) is 4.76. The molecule has 1 fully saturated rings. The molecule has 30 heavy (non-hydrogen) atoms. The molecule has 170 valence electrons. The van der Waals surface area contributed by atoms with E-state index in [1.165, 1.54) is 11.1 Å². The van der Waals surface area contributed by atoms with E-state index in [4.69, 9.17) is 29.3 Å². The largest absolute Gasteiger partial charge is 0.491 e. The van der Waals surface area contributed by atoms with Gasteiger partial charge in [-0.05, 0) is 31.0 Å². The Morgan fingerprint density at radius 3 is 2.13 bits per heavy atom. The molecule has 1 saturated heterocycles. The van der Waals surface area contributed by atoms with Crippen LogP contribution in [-0.2, 0) is 19.7 Å². The summed E-state index contributed by atoms with van der Waals surface area (Å²) in [5.41, 5.74) is 2.62. The van der Waals surface area contributed by atoms with Gasteiger partial charge in [-0.1, -0.05) is 38.5 Å². The molecule has 1 aromatic carbocycles. The molecule has 1 aromatic rings. The van der Waals surface area contributed by atoms with Crippen LogP contribution in [0.15, 0.2) is 18.2 Å². The Kier molecular flexibility index (Phi) is 10.8. The Labute approximate surface area is 179 Å². The second-order valence-corrected chi connectivity index (χ2v) is 8.47. The minimum absolute atomic E-state index is 0.0869. The summed E-state index contributed by atoms with van der Waals surface area (Å²) in [5.74, 6) is -2.67. The number of aliphatic carboxylic acids is 2. The lowest BCUT2D eigenvalue weighted by molar-refractivity contribution is -0.159. The maximum Gasteiger partial charge on any atom is 0.414 e. The normalized spacial score (nSPS) is 15.2. The van der Waals surface area contributed by atoms with Gasteiger partial charge < -0.3 is 24.6 Å². The third kappa shape index (κ3) is 10.0. The van der Waals surface area contributed by atoms with Crippen LogP contribution in [0.2, 0.25) is 0 Å². The number of carboxylic acid groups (broad SMARTS) is 2. The smallest absolute Gasteiger partial charge is 0.414 e. The quantitative estimate of drug-likeness (QED) is 0.507. The van der Waals surface area contributed by atoms with E-state index in [2.05, 4.69) is 62.7 Å². The molecular formula is C22H36N2O6. The SMILES string of the molecule is Cc1ccc(OCCOCCN2CCN(C)CC2)c(C(C)(C)C)c1.O=C(O)C(=O)O. The van der Waals surface area contributed by atoms with Gasteiger partial charge >= 0.3 is 11.9 Å². The van der Waals surface area contributed by atoms with Gasteiger partial charge in [0, 0.05) is 32.7 Å². The van der Waals surface area contributed by atoms with Crippen molar-refractivity contribution in [3.63, 3.8) is 0 Å². The van der Waals surface area contributed by atoms with Gasteiger partial charge in [-0.3, -0.25) is 4.90 Å². The highest BCUT2D eigenvalue weighted by molar-refractivity contribution is 6.27. The van der Waals surface area contributed by atoms with Crippen LogP contribution in [0.1, 0.15) is 31.9 Å².